The first-order valence-corrected chi connectivity index (χ1v) is 12.5. The summed E-state index contributed by atoms with van der Waals surface area (Å²) in [6.07, 6.45) is 0. The second-order valence-electron chi connectivity index (χ2n) is 9.34. The van der Waals surface area contributed by atoms with Crippen molar-refractivity contribution in [3.8, 4) is 5.75 Å². The van der Waals surface area contributed by atoms with Gasteiger partial charge in [0.25, 0.3) is 5.91 Å². The topological polar surface area (TPSA) is 89.7 Å². The summed E-state index contributed by atoms with van der Waals surface area (Å²) in [6.45, 7) is 0. The molecule has 1 heterocycles. The summed E-state index contributed by atoms with van der Waals surface area (Å²) in [5.41, 5.74) is 8.46. The Kier molecular flexibility index (Phi) is 7.05. The number of likely N-dealkylation sites (tertiary alicyclic amines) is 1. The monoisotopic (exact) mass is 504 g/mol. The highest BCUT2D eigenvalue weighted by molar-refractivity contribution is 6.04. The summed E-state index contributed by atoms with van der Waals surface area (Å²) in [7, 11) is 1.58. The minimum Gasteiger partial charge on any atom is -0.497 e. The van der Waals surface area contributed by atoms with Gasteiger partial charge in [-0.3, -0.25) is 14.4 Å². The van der Waals surface area contributed by atoms with Gasteiger partial charge in [-0.2, -0.15) is 0 Å². The van der Waals surface area contributed by atoms with Crippen LogP contribution in [-0.4, -0.2) is 35.6 Å². The number of amides is 2. The molecule has 4 atom stereocenters. The van der Waals surface area contributed by atoms with Crippen LogP contribution < -0.4 is 10.5 Å². The molecule has 4 unspecified atom stereocenters. The molecule has 1 saturated heterocycles. The maximum atomic E-state index is 14.3. The van der Waals surface area contributed by atoms with Gasteiger partial charge >= 0.3 is 0 Å². The molecule has 6 heteroatoms. The second-order valence-corrected chi connectivity index (χ2v) is 9.34. The second kappa shape index (κ2) is 10.7. The standard InChI is InChI=1S/C32H28N2O4/c1-38-25-19-17-22(18-20-25)28-27(30(35)23-13-7-3-8-14-23)26(21-11-5-2-6-12-21)29(31(33)36)34(28)32(37)24-15-9-4-10-16-24/h2-20,26-29H,1H3,(H2,33,36). The zero-order valence-electron chi connectivity index (χ0n) is 20.9. The minimum atomic E-state index is -1.05. The van der Waals surface area contributed by atoms with Crippen LogP contribution in [0.25, 0.3) is 0 Å². The number of ether oxygens (including phenoxy) is 1. The van der Waals surface area contributed by atoms with E-state index in [-0.39, 0.29) is 11.7 Å². The number of rotatable bonds is 7. The number of nitrogens with zero attached hydrogens (tertiary/aromatic N) is 1. The molecule has 2 N–H and O–H groups in total. The fourth-order valence-electron chi connectivity index (χ4n) is 5.54. The summed E-state index contributed by atoms with van der Waals surface area (Å²) in [5, 5.41) is 0. The third kappa shape index (κ3) is 4.57. The van der Waals surface area contributed by atoms with Crippen LogP contribution in [0.2, 0.25) is 0 Å². The molecule has 38 heavy (non-hydrogen) atoms. The van der Waals surface area contributed by atoms with Gasteiger partial charge in [-0.05, 0) is 35.4 Å². The van der Waals surface area contributed by atoms with Crippen molar-refractivity contribution >= 4 is 17.6 Å². The number of hydrogen-bond acceptors (Lipinski definition) is 4. The van der Waals surface area contributed by atoms with E-state index in [9.17, 15) is 14.4 Å². The van der Waals surface area contributed by atoms with E-state index in [0.29, 0.717) is 22.4 Å². The van der Waals surface area contributed by atoms with Gasteiger partial charge in [0.15, 0.2) is 5.78 Å². The van der Waals surface area contributed by atoms with Crippen molar-refractivity contribution in [1.82, 2.24) is 4.90 Å². The van der Waals surface area contributed by atoms with Crippen molar-refractivity contribution in [3.05, 3.63) is 138 Å². The van der Waals surface area contributed by atoms with Crippen molar-refractivity contribution in [2.45, 2.75) is 18.0 Å². The van der Waals surface area contributed by atoms with E-state index in [1.54, 1.807) is 67.8 Å². The summed E-state index contributed by atoms with van der Waals surface area (Å²) < 4.78 is 5.35. The lowest BCUT2D eigenvalue weighted by molar-refractivity contribution is -0.122. The van der Waals surface area contributed by atoms with Crippen molar-refractivity contribution in [2.24, 2.45) is 11.7 Å². The van der Waals surface area contributed by atoms with Crippen molar-refractivity contribution < 1.29 is 19.1 Å². The highest BCUT2D eigenvalue weighted by Crippen LogP contribution is 2.51. The SMILES string of the molecule is COc1ccc(C2C(C(=O)c3ccccc3)C(c3ccccc3)C(C(N)=O)N2C(=O)c2ccccc2)cc1. The Labute approximate surface area is 221 Å². The molecule has 1 fully saturated rings. The largest absolute Gasteiger partial charge is 0.497 e. The maximum absolute atomic E-state index is 14.3. The van der Waals surface area contributed by atoms with Gasteiger partial charge in [-0.25, -0.2) is 0 Å². The smallest absolute Gasteiger partial charge is 0.255 e. The van der Waals surface area contributed by atoms with Gasteiger partial charge in [0.2, 0.25) is 5.91 Å². The molecule has 0 aromatic heterocycles. The number of nitrogens with two attached hydrogens (primary N) is 1. The van der Waals surface area contributed by atoms with E-state index in [2.05, 4.69) is 0 Å². The number of carbonyl (C=O) groups is 3. The maximum Gasteiger partial charge on any atom is 0.255 e. The van der Waals surface area contributed by atoms with Crippen molar-refractivity contribution in [2.75, 3.05) is 7.11 Å². The lowest BCUT2D eigenvalue weighted by Crippen LogP contribution is -2.46. The van der Waals surface area contributed by atoms with Gasteiger partial charge < -0.3 is 15.4 Å². The van der Waals surface area contributed by atoms with E-state index in [4.69, 9.17) is 10.5 Å². The molecular weight excluding hydrogens is 476 g/mol. The lowest BCUT2D eigenvalue weighted by atomic mass is 9.76. The van der Waals surface area contributed by atoms with E-state index >= 15 is 0 Å². The van der Waals surface area contributed by atoms with Crippen LogP contribution in [0.4, 0.5) is 0 Å². The summed E-state index contributed by atoms with van der Waals surface area (Å²) in [6, 6.07) is 32.6. The molecule has 0 aliphatic carbocycles. The van der Waals surface area contributed by atoms with Gasteiger partial charge in [0.05, 0.1) is 19.1 Å². The van der Waals surface area contributed by atoms with Crippen molar-refractivity contribution in [3.63, 3.8) is 0 Å². The number of primary amides is 1. The molecule has 5 rings (SSSR count). The molecule has 0 radical (unpaired) electrons. The Morgan fingerprint density at radius 1 is 0.684 bits per heavy atom. The quantitative estimate of drug-likeness (QED) is 0.358. The average molecular weight is 505 g/mol. The van der Waals surface area contributed by atoms with Crippen LogP contribution in [0.1, 0.15) is 43.8 Å². The van der Waals surface area contributed by atoms with Crippen LogP contribution in [0.5, 0.6) is 5.75 Å². The summed E-state index contributed by atoms with van der Waals surface area (Å²) in [4.78, 5) is 43.2. The third-order valence-corrected chi connectivity index (χ3v) is 7.22. The summed E-state index contributed by atoms with van der Waals surface area (Å²) in [5.74, 6) is -1.95. The summed E-state index contributed by atoms with van der Waals surface area (Å²) >= 11 is 0. The Morgan fingerprint density at radius 3 is 1.74 bits per heavy atom. The molecule has 0 bridgehead atoms. The average Bonchev–Trinajstić information content (AvgIpc) is 3.34. The molecule has 1 aliphatic heterocycles. The first kappa shape index (κ1) is 25.0. The Bertz CT molecular complexity index is 1420. The predicted octanol–water partition coefficient (Wildman–Crippen LogP) is 5.03. The highest BCUT2D eigenvalue weighted by Gasteiger charge is 2.57. The van der Waals surface area contributed by atoms with Gasteiger partial charge in [-0.15, -0.1) is 0 Å². The van der Waals surface area contributed by atoms with Gasteiger partial charge in [-0.1, -0.05) is 91.0 Å². The van der Waals surface area contributed by atoms with Crippen LogP contribution in [0.15, 0.2) is 115 Å². The van der Waals surface area contributed by atoms with Crippen LogP contribution in [-0.2, 0) is 4.79 Å². The fourth-order valence-corrected chi connectivity index (χ4v) is 5.54. The van der Waals surface area contributed by atoms with Crippen LogP contribution >= 0.6 is 0 Å². The van der Waals surface area contributed by atoms with Crippen LogP contribution in [0.3, 0.4) is 0 Å². The number of hydrogen-bond donors (Lipinski definition) is 1. The number of benzene rings is 4. The molecule has 190 valence electrons. The zero-order valence-corrected chi connectivity index (χ0v) is 20.9. The Balaban J connectivity index is 1.76. The number of carbonyl (C=O) groups excluding carboxylic acids is 3. The molecule has 1 aliphatic rings. The predicted molar refractivity (Wildman–Crippen MR) is 145 cm³/mol. The van der Waals surface area contributed by atoms with E-state index in [0.717, 1.165) is 5.56 Å². The van der Waals surface area contributed by atoms with Gasteiger partial charge in [0, 0.05) is 17.0 Å². The lowest BCUT2D eigenvalue weighted by Gasteiger charge is -2.31. The Morgan fingerprint density at radius 2 is 1.21 bits per heavy atom. The normalized spacial score (nSPS) is 20.6. The zero-order chi connectivity index (χ0) is 26.6. The van der Waals surface area contributed by atoms with Crippen LogP contribution in [0, 0.1) is 5.92 Å². The molecule has 0 spiro atoms. The number of methoxy groups -OCH3 is 1. The van der Waals surface area contributed by atoms with E-state index in [1.807, 2.05) is 54.6 Å². The number of ketones is 1. The molecule has 0 saturated carbocycles. The minimum absolute atomic E-state index is 0.158. The Hall–Kier alpha value is -4.71. The molecule has 4 aromatic rings. The molecule has 2 amide bonds. The molecule has 6 nitrogen and oxygen atoms in total. The van der Waals surface area contributed by atoms with E-state index < -0.39 is 29.8 Å². The van der Waals surface area contributed by atoms with E-state index in [1.165, 1.54) is 4.90 Å². The third-order valence-electron chi connectivity index (χ3n) is 7.22. The number of Topliss-reactive ketones (excluding diaryl/α,β-unsaturated/α-hetero) is 1. The van der Waals surface area contributed by atoms with Crippen molar-refractivity contribution in [1.29, 1.82) is 0 Å². The first-order valence-electron chi connectivity index (χ1n) is 12.5. The van der Waals surface area contributed by atoms with Gasteiger partial charge in [0.1, 0.15) is 11.8 Å². The first-order chi connectivity index (χ1) is 18.5. The highest BCUT2D eigenvalue weighted by atomic mass is 16.5. The molecular formula is C32H28N2O4. The fraction of sp³-hybridized carbons (Fsp3) is 0.156. The molecule has 4 aromatic carbocycles.